The molecule has 0 fully saturated rings. The van der Waals surface area contributed by atoms with Crippen molar-refractivity contribution in [2.75, 3.05) is 11.4 Å². The molecule has 4 rings (SSSR count). The Hall–Kier alpha value is -3.68. The van der Waals surface area contributed by atoms with Crippen LogP contribution in [0.1, 0.15) is 28.2 Å². The zero-order valence-electron chi connectivity index (χ0n) is 17.2. The van der Waals surface area contributed by atoms with Crippen molar-refractivity contribution in [2.45, 2.75) is 26.2 Å². The van der Waals surface area contributed by atoms with E-state index < -0.39 is 4.92 Å². The summed E-state index contributed by atoms with van der Waals surface area (Å²) in [5, 5.41) is 22.2. The first-order chi connectivity index (χ1) is 14.7. The van der Waals surface area contributed by atoms with Gasteiger partial charge in [0, 0.05) is 48.1 Å². The lowest BCUT2D eigenvalue weighted by atomic mass is 9.87. The predicted octanol–water partition coefficient (Wildman–Crippen LogP) is 4.39. The van der Waals surface area contributed by atoms with Gasteiger partial charge in [-0.25, -0.2) is 0 Å². The number of nitro benzene ring substituents is 2. The first-order valence-electron chi connectivity index (χ1n) is 9.90. The third kappa shape index (κ3) is 3.88. The minimum absolute atomic E-state index is 0.0658. The zero-order valence-corrected chi connectivity index (χ0v) is 17.2. The molecule has 0 aliphatic carbocycles. The smallest absolute Gasteiger partial charge is 0.269 e. The van der Waals surface area contributed by atoms with Crippen LogP contribution in [0.4, 0.5) is 22.7 Å². The van der Waals surface area contributed by atoms with E-state index in [9.17, 15) is 20.2 Å². The summed E-state index contributed by atoms with van der Waals surface area (Å²) in [5.41, 5.74) is 6.62. The fourth-order valence-electron chi connectivity index (χ4n) is 4.31. The normalized spacial score (nSPS) is 15.0. The second kappa shape index (κ2) is 7.87. The van der Waals surface area contributed by atoms with Crippen LogP contribution >= 0.6 is 0 Å². The summed E-state index contributed by atoms with van der Waals surface area (Å²) in [5.74, 6) is 0.133. The van der Waals surface area contributed by atoms with Crippen molar-refractivity contribution in [1.29, 1.82) is 0 Å². The highest BCUT2D eigenvalue weighted by molar-refractivity contribution is 6.32. The van der Waals surface area contributed by atoms with E-state index in [0.717, 1.165) is 33.6 Å². The molecule has 2 radical (unpaired) electrons. The SMILES string of the molecule is [B]c1ccc2c(c1)C(Cc1ccc([N+](=O)[O-])cc1C)CN2c1ccc([N+](=O)[O-])cc1C. The van der Waals surface area contributed by atoms with Gasteiger partial charge in [-0.15, -0.1) is 0 Å². The number of aryl methyl sites for hydroxylation is 2. The van der Waals surface area contributed by atoms with Gasteiger partial charge in [-0.05, 0) is 54.7 Å². The molecule has 8 heteroatoms. The highest BCUT2D eigenvalue weighted by Crippen LogP contribution is 2.43. The standard InChI is InChI=1S/C23H20BN3O4/c1-14-9-19(26(28)29)5-3-16(14)11-17-13-25(23-7-4-18(24)12-21(17)23)22-8-6-20(27(30)31)10-15(22)2/h3-10,12,17H,11,13H2,1-2H3. The molecule has 7 nitrogen and oxygen atoms in total. The summed E-state index contributed by atoms with van der Waals surface area (Å²) >= 11 is 0. The summed E-state index contributed by atoms with van der Waals surface area (Å²) in [6.07, 6.45) is 0.711. The molecular formula is C23H20BN3O4. The van der Waals surface area contributed by atoms with E-state index in [1.54, 1.807) is 18.2 Å². The summed E-state index contributed by atoms with van der Waals surface area (Å²) < 4.78 is 0. The van der Waals surface area contributed by atoms with Gasteiger partial charge in [0.2, 0.25) is 0 Å². The number of hydrogen-bond donors (Lipinski definition) is 0. The quantitative estimate of drug-likeness (QED) is 0.352. The van der Waals surface area contributed by atoms with Gasteiger partial charge in [0.25, 0.3) is 11.4 Å². The summed E-state index contributed by atoms with van der Waals surface area (Å²) in [7, 11) is 6.07. The minimum atomic E-state index is -0.393. The molecule has 1 atom stereocenters. The van der Waals surface area contributed by atoms with Crippen LogP contribution in [0.3, 0.4) is 0 Å². The van der Waals surface area contributed by atoms with Gasteiger partial charge >= 0.3 is 0 Å². The van der Waals surface area contributed by atoms with Crippen LogP contribution in [-0.2, 0) is 6.42 Å². The Morgan fingerprint density at radius 1 is 0.903 bits per heavy atom. The van der Waals surface area contributed by atoms with Crippen molar-refractivity contribution in [3.8, 4) is 0 Å². The van der Waals surface area contributed by atoms with Crippen molar-refractivity contribution in [3.05, 3.63) is 97.1 Å². The van der Waals surface area contributed by atoms with E-state index in [1.165, 1.54) is 12.1 Å². The fraction of sp³-hybridized carbons (Fsp3) is 0.217. The molecule has 1 aliphatic heterocycles. The number of nitrogens with zero attached hydrogens (tertiary/aromatic N) is 3. The molecule has 154 valence electrons. The average molecular weight is 413 g/mol. The number of non-ortho nitro benzene ring substituents is 2. The average Bonchev–Trinajstić information content (AvgIpc) is 3.06. The molecule has 0 N–H and O–H groups in total. The van der Waals surface area contributed by atoms with Gasteiger partial charge < -0.3 is 4.90 Å². The van der Waals surface area contributed by atoms with Crippen molar-refractivity contribution in [2.24, 2.45) is 0 Å². The van der Waals surface area contributed by atoms with Crippen LogP contribution < -0.4 is 10.4 Å². The molecular weight excluding hydrogens is 393 g/mol. The Balaban J connectivity index is 1.70. The Kier molecular flexibility index (Phi) is 5.23. The maximum atomic E-state index is 11.1. The molecule has 1 heterocycles. The molecule has 31 heavy (non-hydrogen) atoms. The first kappa shape index (κ1) is 20.6. The van der Waals surface area contributed by atoms with E-state index in [-0.39, 0.29) is 22.2 Å². The van der Waals surface area contributed by atoms with E-state index >= 15 is 0 Å². The van der Waals surface area contributed by atoms with Crippen LogP contribution in [0.2, 0.25) is 0 Å². The predicted molar refractivity (Wildman–Crippen MR) is 121 cm³/mol. The molecule has 0 saturated carbocycles. The van der Waals surface area contributed by atoms with Crippen molar-refractivity contribution in [3.63, 3.8) is 0 Å². The second-order valence-corrected chi connectivity index (χ2v) is 7.93. The third-order valence-electron chi connectivity index (χ3n) is 5.87. The van der Waals surface area contributed by atoms with E-state index in [0.29, 0.717) is 18.4 Å². The maximum Gasteiger partial charge on any atom is 0.269 e. The van der Waals surface area contributed by atoms with Gasteiger partial charge in [-0.3, -0.25) is 20.2 Å². The molecule has 1 aliphatic rings. The molecule has 1 unspecified atom stereocenters. The summed E-state index contributed by atoms with van der Waals surface area (Å²) in [6, 6.07) is 15.7. The van der Waals surface area contributed by atoms with Gasteiger partial charge in [-0.1, -0.05) is 23.7 Å². The highest BCUT2D eigenvalue weighted by Gasteiger charge is 2.31. The van der Waals surface area contributed by atoms with Gasteiger partial charge in [0.1, 0.15) is 7.85 Å². The fourth-order valence-corrected chi connectivity index (χ4v) is 4.31. The first-order valence-corrected chi connectivity index (χ1v) is 9.90. The Labute approximate surface area is 181 Å². The lowest BCUT2D eigenvalue weighted by Gasteiger charge is -2.22. The van der Waals surface area contributed by atoms with Crippen molar-refractivity contribution in [1.82, 2.24) is 0 Å². The van der Waals surface area contributed by atoms with E-state index in [1.807, 2.05) is 38.1 Å². The second-order valence-electron chi connectivity index (χ2n) is 7.93. The number of benzene rings is 3. The van der Waals surface area contributed by atoms with Gasteiger partial charge in [0.05, 0.1) is 9.85 Å². The molecule has 3 aromatic carbocycles. The van der Waals surface area contributed by atoms with Crippen LogP contribution in [0.5, 0.6) is 0 Å². The third-order valence-corrected chi connectivity index (χ3v) is 5.87. The largest absolute Gasteiger partial charge is 0.340 e. The topological polar surface area (TPSA) is 89.5 Å². The van der Waals surface area contributed by atoms with Crippen molar-refractivity contribution >= 4 is 36.1 Å². The molecule has 0 aromatic heterocycles. The van der Waals surface area contributed by atoms with Gasteiger partial charge in [-0.2, -0.15) is 0 Å². The number of anilines is 2. The van der Waals surface area contributed by atoms with E-state index in [4.69, 9.17) is 7.85 Å². The number of nitro groups is 2. The molecule has 0 amide bonds. The molecule has 3 aromatic rings. The van der Waals surface area contributed by atoms with Gasteiger partial charge in [0.15, 0.2) is 0 Å². The minimum Gasteiger partial charge on any atom is -0.340 e. The Bertz CT molecular complexity index is 1210. The number of rotatable bonds is 5. The van der Waals surface area contributed by atoms with Crippen LogP contribution in [-0.4, -0.2) is 24.2 Å². The highest BCUT2D eigenvalue weighted by atomic mass is 16.6. The maximum absolute atomic E-state index is 11.1. The molecule has 0 bridgehead atoms. The summed E-state index contributed by atoms with van der Waals surface area (Å²) in [4.78, 5) is 23.5. The van der Waals surface area contributed by atoms with E-state index in [2.05, 4.69) is 4.90 Å². The number of fused-ring (bicyclic) bond motifs is 1. The van der Waals surface area contributed by atoms with Crippen molar-refractivity contribution < 1.29 is 9.85 Å². The Morgan fingerprint density at radius 2 is 1.52 bits per heavy atom. The Morgan fingerprint density at radius 3 is 2.13 bits per heavy atom. The molecule has 0 spiro atoms. The van der Waals surface area contributed by atoms with Crippen LogP contribution in [0.25, 0.3) is 0 Å². The lowest BCUT2D eigenvalue weighted by molar-refractivity contribution is -0.385. The zero-order chi connectivity index (χ0) is 22.3. The van der Waals surface area contributed by atoms with Crippen LogP contribution in [0.15, 0.2) is 54.6 Å². The lowest BCUT2D eigenvalue weighted by Crippen LogP contribution is -2.18. The number of hydrogen-bond acceptors (Lipinski definition) is 5. The van der Waals surface area contributed by atoms with Crippen LogP contribution in [0, 0.1) is 34.1 Å². The summed E-state index contributed by atoms with van der Waals surface area (Å²) in [6.45, 7) is 4.44. The monoisotopic (exact) mass is 413 g/mol. The molecule has 0 saturated heterocycles.